The van der Waals surface area contributed by atoms with Gasteiger partial charge in [-0.05, 0) is 60.2 Å². The van der Waals surface area contributed by atoms with Crippen molar-refractivity contribution in [2.75, 3.05) is 25.2 Å². The van der Waals surface area contributed by atoms with E-state index in [9.17, 15) is 9.18 Å². The van der Waals surface area contributed by atoms with Crippen molar-refractivity contribution in [1.29, 1.82) is 0 Å². The number of rotatable bonds is 8. The second-order valence-corrected chi connectivity index (χ2v) is 10.2. The van der Waals surface area contributed by atoms with Crippen molar-refractivity contribution in [2.45, 2.75) is 31.7 Å². The molecule has 4 aromatic rings. The Morgan fingerprint density at radius 2 is 2.05 bits per heavy atom. The van der Waals surface area contributed by atoms with E-state index in [0.717, 1.165) is 29.8 Å². The first-order chi connectivity index (χ1) is 17.9. The third kappa shape index (κ3) is 3.72. The highest BCUT2D eigenvalue weighted by molar-refractivity contribution is 6.28. The molecule has 3 heterocycles. The van der Waals surface area contributed by atoms with Gasteiger partial charge in [-0.15, -0.1) is 10.2 Å². The zero-order valence-corrected chi connectivity index (χ0v) is 21.2. The summed E-state index contributed by atoms with van der Waals surface area (Å²) in [5.74, 6) is 0.920. The first kappa shape index (κ1) is 23.7. The largest absolute Gasteiger partial charge is 0.383 e. The molecule has 2 aromatic carbocycles. The summed E-state index contributed by atoms with van der Waals surface area (Å²) in [5.41, 5.74) is 3.38. The number of ether oxygens (including phenoxy) is 1. The van der Waals surface area contributed by atoms with Gasteiger partial charge >= 0.3 is 0 Å². The maximum Gasteiger partial charge on any atom is 0.263 e. The molecule has 0 radical (unpaired) electrons. The first-order valence-corrected chi connectivity index (χ1v) is 12.5. The van der Waals surface area contributed by atoms with Crippen molar-refractivity contribution in [3.8, 4) is 0 Å². The van der Waals surface area contributed by atoms with Crippen LogP contribution in [0, 0.1) is 11.7 Å². The van der Waals surface area contributed by atoms with Gasteiger partial charge in [0.2, 0.25) is 0 Å². The standard InChI is InChI=1S/C28H29FN6O2/c1-17-11-28(12-17,27-33-32-16-34(27)2)19-10-20(15-31-14-19)35-24-5-4-23(29)21-8-18(13-30-6-7-37-3)9-22(25(21)24)26(35)36/h4-5,8-10,14-17,30H,6-7,11-13H2,1-3H3. The summed E-state index contributed by atoms with van der Waals surface area (Å²) < 4.78 is 22.0. The number of aryl methyl sites for hydroxylation is 1. The molecule has 1 aliphatic carbocycles. The van der Waals surface area contributed by atoms with Gasteiger partial charge in [-0.1, -0.05) is 6.92 Å². The lowest BCUT2D eigenvalue weighted by Crippen LogP contribution is -2.43. The van der Waals surface area contributed by atoms with Gasteiger partial charge in [-0.3, -0.25) is 14.7 Å². The van der Waals surface area contributed by atoms with Crippen LogP contribution in [0.2, 0.25) is 0 Å². The fraction of sp³-hybridized carbons (Fsp3) is 0.357. The number of pyridine rings is 1. The van der Waals surface area contributed by atoms with E-state index < -0.39 is 0 Å². The SMILES string of the molecule is COCCNCc1cc2c3c(ccc(F)c3c1)N(c1cncc(C3(c4nncn4C)CC(C)C3)c1)C2=O. The molecular weight excluding hydrogens is 471 g/mol. The van der Waals surface area contributed by atoms with Crippen LogP contribution in [-0.2, 0) is 23.7 Å². The smallest absolute Gasteiger partial charge is 0.263 e. The molecule has 6 rings (SSSR count). The Morgan fingerprint density at radius 3 is 2.78 bits per heavy atom. The third-order valence-corrected chi connectivity index (χ3v) is 7.65. The topological polar surface area (TPSA) is 85.2 Å². The average molecular weight is 501 g/mol. The molecule has 1 amide bonds. The zero-order valence-electron chi connectivity index (χ0n) is 21.2. The highest BCUT2D eigenvalue weighted by Crippen LogP contribution is 2.52. The van der Waals surface area contributed by atoms with Crippen molar-refractivity contribution in [3.05, 3.63) is 77.4 Å². The van der Waals surface area contributed by atoms with E-state index in [2.05, 4.69) is 27.4 Å². The van der Waals surface area contributed by atoms with Crippen LogP contribution in [0.3, 0.4) is 0 Å². The molecule has 0 bridgehead atoms. The van der Waals surface area contributed by atoms with Crippen molar-refractivity contribution < 1.29 is 13.9 Å². The van der Waals surface area contributed by atoms with Crippen LogP contribution in [0.15, 0.2) is 49.1 Å². The number of nitrogens with zero attached hydrogens (tertiary/aromatic N) is 5. The fourth-order valence-electron chi connectivity index (χ4n) is 6.05. The number of carbonyl (C=O) groups is 1. The van der Waals surface area contributed by atoms with Crippen LogP contribution in [0.1, 0.15) is 47.1 Å². The predicted octanol–water partition coefficient (Wildman–Crippen LogP) is 4.25. The van der Waals surface area contributed by atoms with E-state index in [1.807, 2.05) is 36.0 Å². The summed E-state index contributed by atoms with van der Waals surface area (Å²) in [6.07, 6.45) is 7.14. The molecule has 2 aromatic heterocycles. The number of hydrogen-bond acceptors (Lipinski definition) is 6. The van der Waals surface area contributed by atoms with Crippen LogP contribution in [0.4, 0.5) is 15.8 Å². The Bertz CT molecular complexity index is 1510. The lowest BCUT2D eigenvalue weighted by molar-refractivity contribution is 0.100. The summed E-state index contributed by atoms with van der Waals surface area (Å²) in [4.78, 5) is 20.0. The molecular formula is C28H29FN6O2. The second-order valence-electron chi connectivity index (χ2n) is 10.2. The van der Waals surface area contributed by atoms with Crippen molar-refractivity contribution >= 4 is 28.1 Å². The Balaban J connectivity index is 1.41. The van der Waals surface area contributed by atoms with Gasteiger partial charge in [0.15, 0.2) is 0 Å². The third-order valence-electron chi connectivity index (χ3n) is 7.65. The maximum absolute atomic E-state index is 15.0. The predicted molar refractivity (Wildman–Crippen MR) is 138 cm³/mol. The number of halogens is 1. The Labute approximate surface area is 214 Å². The summed E-state index contributed by atoms with van der Waals surface area (Å²) in [6, 6.07) is 8.82. The summed E-state index contributed by atoms with van der Waals surface area (Å²) in [7, 11) is 3.60. The molecule has 37 heavy (non-hydrogen) atoms. The molecule has 0 unspecified atom stereocenters. The Hall–Kier alpha value is -3.69. The van der Waals surface area contributed by atoms with Crippen molar-refractivity contribution in [1.82, 2.24) is 25.1 Å². The second kappa shape index (κ2) is 9.00. The molecule has 0 saturated heterocycles. The minimum absolute atomic E-state index is 0.182. The molecule has 1 N–H and O–H groups in total. The van der Waals surface area contributed by atoms with E-state index >= 15 is 0 Å². The van der Waals surface area contributed by atoms with Gasteiger partial charge in [-0.25, -0.2) is 4.39 Å². The summed E-state index contributed by atoms with van der Waals surface area (Å²) >= 11 is 0. The van der Waals surface area contributed by atoms with E-state index in [1.54, 1.807) is 30.6 Å². The minimum Gasteiger partial charge on any atom is -0.383 e. The van der Waals surface area contributed by atoms with E-state index in [1.165, 1.54) is 6.07 Å². The Morgan fingerprint density at radius 1 is 1.22 bits per heavy atom. The lowest BCUT2D eigenvalue weighted by atomic mass is 9.59. The van der Waals surface area contributed by atoms with E-state index in [4.69, 9.17) is 4.74 Å². The monoisotopic (exact) mass is 500 g/mol. The number of benzene rings is 2. The number of carbonyl (C=O) groups excluding carboxylic acids is 1. The maximum atomic E-state index is 15.0. The molecule has 1 aliphatic heterocycles. The van der Waals surface area contributed by atoms with Gasteiger partial charge in [0.25, 0.3) is 5.91 Å². The lowest BCUT2D eigenvalue weighted by Gasteiger charge is -2.46. The summed E-state index contributed by atoms with van der Waals surface area (Å²) in [5, 5.41) is 12.9. The van der Waals surface area contributed by atoms with Crippen LogP contribution in [-0.4, -0.2) is 45.9 Å². The van der Waals surface area contributed by atoms with Crippen LogP contribution < -0.4 is 10.2 Å². The van der Waals surface area contributed by atoms with E-state index in [-0.39, 0.29) is 17.1 Å². The van der Waals surface area contributed by atoms with Crippen molar-refractivity contribution in [2.24, 2.45) is 13.0 Å². The molecule has 0 spiro atoms. The number of aromatic nitrogens is 4. The normalized spacial score (nSPS) is 20.6. The highest BCUT2D eigenvalue weighted by atomic mass is 19.1. The van der Waals surface area contributed by atoms with Gasteiger partial charge in [0, 0.05) is 44.2 Å². The van der Waals surface area contributed by atoms with Gasteiger partial charge in [0.1, 0.15) is 18.0 Å². The van der Waals surface area contributed by atoms with Gasteiger partial charge < -0.3 is 14.6 Å². The van der Waals surface area contributed by atoms with Gasteiger partial charge in [0.05, 0.1) is 35.2 Å². The fourth-order valence-corrected chi connectivity index (χ4v) is 6.05. The average Bonchev–Trinajstić information content (AvgIpc) is 3.43. The van der Waals surface area contributed by atoms with Gasteiger partial charge in [-0.2, -0.15) is 0 Å². The van der Waals surface area contributed by atoms with Crippen LogP contribution in [0.25, 0.3) is 10.8 Å². The molecule has 9 heteroatoms. The number of anilines is 2. The molecule has 1 fully saturated rings. The number of methoxy groups -OCH3 is 1. The number of nitrogens with one attached hydrogen (secondary N) is 1. The molecule has 1 saturated carbocycles. The highest BCUT2D eigenvalue weighted by Gasteiger charge is 2.48. The van der Waals surface area contributed by atoms with E-state index in [0.29, 0.717) is 53.3 Å². The molecule has 8 nitrogen and oxygen atoms in total. The zero-order chi connectivity index (χ0) is 25.7. The first-order valence-electron chi connectivity index (χ1n) is 12.5. The van der Waals surface area contributed by atoms with Crippen LogP contribution in [0.5, 0.6) is 0 Å². The molecule has 190 valence electrons. The molecule has 2 aliphatic rings. The van der Waals surface area contributed by atoms with Crippen LogP contribution >= 0.6 is 0 Å². The number of amides is 1. The molecule has 0 atom stereocenters. The Kier molecular flexibility index (Phi) is 5.77. The minimum atomic E-state index is -0.343. The summed E-state index contributed by atoms with van der Waals surface area (Å²) in [6.45, 7) is 3.97. The number of hydrogen-bond donors (Lipinski definition) is 1. The quantitative estimate of drug-likeness (QED) is 0.364. The van der Waals surface area contributed by atoms with Crippen molar-refractivity contribution in [3.63, 3.8) is 0 Å².